The number of hydrogen-bond acceptors (Lipinski definition) is 2. The van der Waals surface area contributed by atoms with Crippen LogP contribution in [0.25, 0.3) is 0 Å². The molecule has 1 aliphatic carbocycles. The summed E-state index contributed by atoms with van der Waals surface area (Å²) in [5.41, 5.74) is 1.13. The van der Waals surface area contributed by atoms with Crippen LogP contribution in [0, 0.1) is 5.92 Å². The van der Waals surface area contributed by atoms with Crippen LogP contribution in [-0.2, 0) is 9.53 Å². The molecule has 1 aromatic carbocycles. The Bertz CT molecular complexity index is 358. The third-order valence-corrected chi connectivity index (χ3v) is 3.04. The Morgan fingerprint density at radius 1 is 1.21 bits per heavy atom. The predicted octanol–water partition coefficient (Wildman–Crippen LogP) is 2.11. The van der Waals surface area contributed by atoms with E-state index in [9.17, 15) is 4.79 Å². The number of fused-ring (bicyclic) bond motifs is 1. The molecule has 1 aromatic rings. The van der Waals surface area contributed by atoms with Gasteiger partial charge < -0.3 is 4.74 Å². The molecular weight excluding hydrogens is 176 g/mol. The minimum absolute atomic E-state index is 0.00690. The second-order valence-electron chi connectivity index (χ2n) is 4.09. The van der Waals surface area contributed by atoms with Gasteiger partial charge in [-0.15, -0.1) is 0 Å². The number of rotatable bonds is 1. The maximum Gasteiger partial charge on any atom is 0.141 e. The molecule has 2 heteroatoms. The highest BCUT2D eigenvalue weighted by atomic mass is 16.5. The van der Waals surface area contributed by atoms with Crippen LogP contribution in [0.2, 0.25) is 0 Å². The molecule has 3 rings (SSSR count). The molecule has 0 amide bonds. The van der Waals surface area contributed by atoms with Gasteiger partial charge in [0.25, 0.3) is 0 Å². The summed E-state index contributed by atoms with van der Waals surface area (Å²) in [6, 6.07) is 10.0. The Morgan fingerprint density at radius 2 is 2.00 bits per heavy atom. The second kappa shape index (κ2) is 2.92. The molecule has 72 valence electrons. The molecule has 0 N–H and O–H groups in total. The van der Waals surface area contributed by atoms with E-state index in [1.54, 1.807) is 0 Å². The van der Waals surface area contributed by atoms with Crippen molar-refractivity contribution in [2.24, 2.45) is 5.92 Å². The summed E-state index contributed by atoms with van der Waals surface area (Å²) in [6.07, 6.45) is 1.74. The highest BCUT2D eigenvalue weighted by Crippen LogP contribution is 2.45. The molecule has 1 saturated carbocycles. The van der Waals surface area contributed by atoms with Crippen molar-refractivity contribution in [2.75, 3.05) is 0 Å². The third kappa shape index (κ3) is 1.26. The predicted molar refractivity (Wildman–Crippen MR) is 51.8 cm³/mol. The zero-order valence-corrected chi connectivity index (χ0v) is 7.85. The van der Waals surface area contributed by atoms with E-state index < -0.39 is 0 Å². The van der Waals surface area contributed by atoms with E-state index in [4.69, 9.17) is 4.74 Å². The lowest BCUT2D eigenvalue weighted by atomic mass is 10.0. The van der Waals surface area contributed by atoms with Gasteiger partial charge in [0, 0.05) is 12.3 Å². The van der Waals surface area contributed by atoms with Crippen molar-refractivity contribution in [1.82, 2.24) is 0 Å². The topological polar surface area (TPSA) is 26.3 Å². The van der Waals surface area contributed by atoms with Crippen molar-refractivity contribution in [3.05, 3.63) is 35.9 Å². The molecule has 2 fully saturated rings. The summed E-state index contributed by atoms with van der Waals surface area (Å²) in [7, 11) is 0. The number of hydrogen-bond donors (Lipinski definition) is 0. The molecule has 0 radical (unpaired) electrons. The van der Waals surface area contributed by atoms with Crippen molar-refractivity contribution in [3.63, 3.8) is 0 Å². The lowest BCUT2D eigenvalue weighted by Crippen LogP contribution is -2.20. The summed E-state index contributed by atoms with van der Waals surface area (Å²) >= 11 is 0. The first-order valence-electron chi connectivity index (χ1n) is 5.08. The summed E-state index contributed by atoms with van der Waals surface area (Å²) in [4.78, 5) is 11.5. The molecule has 0 unspecified atom stereocenters. The fourth-order valence-corrected chi connectivity index (χ4v) is 2.12. The molecule has 1 aliphatic heterocycles. The van der Waals surface area contributed by atoms with Gasteiger partial charge in [-0.05, 0) is 12.0 Å². The van der Waals surface area contributed by atoms with Gasteiger partial charge in [0.15, 0.2) is 0 Å². The molecule has 14 heavy (non-hydrogen) atoms. The van der Waals surface area contributed by atoms with Crippen molar-refractivity contribution in [1.29, 1.82) is 0 Å². The van der Waals surface area contributed by atoms with Crippen LogP contribution >= 0.6 is 0 Å². The van der Waals surface area contributed by atoms with E-state index in [0.717, 1.165) is 12.0 Å². The monoisotopic (exact) mass is 188 g/mol. The highest BCUT2D eigenvalue weighted by molar-refractivity contribution is 5.85. The minimum atomic E-state index is 0.00690. The Balaban J connectivity index is 1.83. The summed E-state index contributed by atoms with van der Waals surface area (Å²) in [5, 5.41) is 0. The van der Waals surface area contributed by atoms with Crippen LogP contribution in [0.1, 0.15) is 24.5 Å². The third-order valence-electron chi connectivity index (χ3n) is 3.04. The van der Waals surface area contributed by atoms with Crippen molar-refractivity contribution >= 4 is 5.78 Å². The van der Waals surface area contributed by atoms with E-state index in [1.807, 2.05) is 30.3 Å². The zero-order chi connectivity index (χ0) is 9.54. The smallest absolute Gasteiger partial charge is 0.141 e. The average Bonchev–Trinajstić information content (AvgIpc) is 2.99. The first kappa shape index (κ1) is 8.18. The Hall–Kier alpha value is -1.15. The maximum absolute atomic E-state index is 11.5. The minimum Gasteiger partial charge on any atom is -0.369 e. The largest absolute Gasteiger partial charge is 0.369 e. The number of ketones is 1. The van der Waals surface area contributed by atoms with Gasteiger partial charge in [0.1, 0.15) is 5.78 Å². The molecule has 1 heterocycles. The molecule has 0 aromatic heterocycles. The summed E-state index contributed by atoms with van der Waals surface area (Å²) < 4.78 is 5.80. The molecule has 1 saturated heterocycles. The number of Topliss-reactive ketones (excluding diaryl/α,β-unsaturated/α-hetero) is 1. The molecule has 0 bridgehead atoms. The Kier molecular flexibility index (Phi) is 1.71. The van der Waals surface area contributed by atoms with E-state index in [0.29, 0.717) is 12.2 Å². The first-order chi connectivity index (χ1) is 6.84. The number of benzene rings is 1. The van der Waals surface area contributed by atoms with Crippen molar-refractivity contribution in [2.45, 2.75) is 25.0 Å². The van der Waals surface area contributed by atoms with Crippen LogP contribution in [-0.4, -0.2) is 11.9 Å². The van der Waals surface area contributed by atoms with E-state index >= 15 is 0 Å². The standard InChI is InChI=1S/C12H12O2/c13-10-7-11(14-12-6-9(10)12)8-4-2-1-3-5-8/h1-5,9,11-12H,6-7H2/t9-,11-,12-/m0/s1. The van der Waals surface area contributed by atoms with Crippen LogP contribution in [0.5, 0.6) is 0 Å². The van der Waals surface area contributed by atoms with Gasteiger partial charge in [-0.1, -0.05) is 30.3 Å². The van der Waals surface area contributed by atoms with E-state index in [-0.39, 0.29) is 18.1 Å². The second-order valence-corrected chi connectivity index (χ2v) is 4.09. The van der Waals surface area contributed by atoms with Crippen LogP contribution in [0.3, 0.4) is 0 Å². The zero-order valence-electron chi connectivity index (χ0n) is 7.85. The quantitative estimate of drug-likeness (QED) is 0.674. The SMILES string of the molecule is O=C1C[C@@H](c2ccccc2)O[C@H]2C[C@@H]12. The molecular formula is C12H12O2. The van der Waals surface area contributed by atoms with Gasteiger partial charge in [-0.3, -0.25) is 4.79 Å². The highest BCUT2D eigenvalue weighted by Gasteiger charge is 2.49. The van der Waals surface area contributed by atoms with Gasteiger partial charge in [-0.25, -0.2) is 0 Å². The van der Waals surface area contributed by atoms with Crippen LogP contribution < -0.4 is 0 Å². The lowest BCUT2D eigenvalue weighted by Gasteiger charge is -2.21. The number of ether oxygens (including phenoxy) is 1. The van der Waals surface area contributed by atoms with Gasteiger partial charge in [0.05, 0.1) is 12.2 Å². The summed E-state index contributed by atoms with van der Waals surface area (Å²) in [6.45, 7) is 0. The van der Waals surface area contributed by atoms with E-state index in [1.165, 1.54) is 0 Å². The molecule has 0 spiro atoms. The average molecular weight is 188 g/mol. The van der Waals surface area contributed by atoms with Gasteiger partial charge in [0.2, 0.25) is 0 Å². The van der Waals surface area contributed by atoms with Gasteiger partial charge >= 0.3 is 0 Å². The van der Waals surface area contributed by atoms with Crippen molar-refractivity contribution in [3.8, 4) is 0 Å². The molecule has 2 aliphatic rings. The van der Waals surface area contributed by atoms with Crippen molar-refractivity contribution < 1.29 is 9.53 Å². The van der Waals surface area contributed by atoms with E-state index in [2.05, 4.69) is 0 Å². The Morgan fingerprint density at radius 3 is 2.71 bits per heavy atom. The number of carbonyl (C=O) groups is 1. The number of carbonyl (C=O) groups excluding carboxylic acids is 1. The van der Waals surface area contributed by atoms with Crippen LogP contribution in [0.4, 0.5) is 0 Å². The summed E-state index contributed by atoms with van der Waals surface area (Å²) in [5.74, 6) is 0.616. The van der Waals surface area contributed by atoms with Crippen LogP contribution in [0.15, 0.2) is 30.3 Å². The normalized spacial score (nSPS) is 35.1. The van der Waals surface area contributed by atoms with Gasteiger partial charge in [-0.2, -0.15) is 0 Å². The fourth-order valence-electron chi connectivity index (χ4n) is 2.12. The first-order valence-corrected chi connectivity index (χ1v) is 5.08. The molecule has 2 nitrogen and oxygen atoms in total. The molecule has 3 atom stereocenters. The lowest BCUT2D eigenvalue weighted by molar-refractivity contribution is -0.129. The Labute approximate surface area is 82.9 Å². The fraction of sp³-hybridized carbons (Fsp3) is 0.417. The maximum atomic E-state index is 11.5.